The minimum atomic E-state index is -0.141. The van der Waals surface area contributed by atoms with Crippen LogP contribution in [0.5, 0.6) is 5.75 Å². The van der Waals surface area contributed by atoms with Gasteiger partial charge in [0.25, 0.3) is 0 Å². The van der Waals surface area contributed by atoms with E-state index in [0.717, 1.165) is 5.75 Å². The molecule has 0 spiro atoms. The van der Waals surface area contributed by atoms with E-state index in [2.05, 4.69) is 0 Å². The van der Waals surface area contributed by atoms with Crippen molar-refractivity contribution in [3.05, 3.63) is 29.8 Å². The number of hydrogen-bond acceptors (Lipinski definition) is 4. The van der Waals surface area contributed by atoms with E-state index in [4.69, 9.17) is 9.88 Å². The van der Waals surface area contributed by atoms with Gasteiger partial charge in [0.15, 0.2) is 0 Å². The topological polar surface area (TPSA) is 52.3 Å². The Balaban J connectivity index is 2.84. The van der Waals surface area contributed by atoms with Crippen LogP contribution in [0.15, 0.2) is 24.3 Å². The molecule has 0 atom stereocenters. The van der Waals surface area contributed by atoms with Crippen molar-refractivity contribution in [1.29, 1.82) is 0 Å². The second kappa shape index (κ2) is 4.13. The van der Waals surface area contributed by atoms with Crippen molar-refractivity contribution in [2.24, 2.45) is 5.14 Å². The van der Waals surface area contributed by atoms with Gasteiger partial charge in [-0.2, -0.15) is 0 Å². The van der Waals surface area contributed by atoms with Crippen molar-refractivity contribution < 1.29 is 9.53 Å². The number of rotatable bonds is 2. The van der Waals surface area contributed by atoms with Crippen molar-refractivity contribution in [2.45, 2.75) is 0 Å². The number of hydrogen-bond donors (Lipinski definition) is 1. The van der Waals surface area contributed by atoms with Crippen molar-refractivity contribution >= 4 is 17.1 Å². The fourth-order valence-corrected chi connectivity index (χ4v) is 1.07. The Morgan fingerprint density at radius 2 is 2.00 bits per heavy atom. The van der Waals surface area contributed by atoms with Crippen molar-refractivity contribution in [2.75, 3.05) is 7.11 Å². The van der Waals surface area contributed by atoms with E-state index in [1.165, 1.54) is 0 Å². The summed E-state index contributed by atoms with van der Waals surface area (Å²) in [6, 6.07) is 6.81. The van der Waals surface area contributed by atoms with Crippen LogP contribution in [0.4, 0.5) is 0 Å². The van der Waals surface area contributed by atoms with Crippen molar-refractivity contribution in [3.8, 4) is 5.75 Å². The lowest BCUT2D eigenvalue weighted by Gasteiger charge is -1.99. The van der Waals surface area contributed by atoms with Crippen LogP contribution < -0.4 is 9.88 Å². The maximum atomic E-state index is 11.0. The highest BCUT2D eigenvalue weighted by Crippen LogP contribution is 2.13. The van der Waals surface area contributed by atoms with Gasteiger partial charge in [-0.1, -0.05) is 0 Å². The van der Waals surface area contributed by atoms with Crippen molar-refractivity contribution in [3.63, 3.8) is 0 Å². The highest BCUT2D eigenvalue weighted by molar-refractivity contribution is 8.12. The van der Waals surface area contributed by atoms with Gasteiger partial charge in [0.05, 0.1) is 7.11 Å². The highest BCUT2D eigenvalue weighted by Gasteiger charge is 2.02. The molecule has 0 bridgehead atoms. The average Bonchev–Trinajstić information content (AvgIpc) is 2.17. The van der Waals surface area contributed by atoms with Gasteiger partial charge >= 0.3 is 0 Å². The average molecular weight is 183 g/mol. The predicted molar refractivity (Wildman–Crippen MR) is 49.1 cm³/mol. The minimum absolute atomic E-state index is 0.141. The summed E-state index contributed by atoms with van der Waals surface area (Å²) in [5.74, 6) is 0.730. The molecule has 3 nitrogen and oxygen atoms in total. The van der Waals surface area contributed by atoms with Gasteiger partial charge in [-0.15, -0.1) is 0 Å². The van der Waals surface area contributed by atoms with Gasteiger partial charge in [0, 0.05) is 5.56 Å². The second-order valence-corrected chi connectivity index (χ2v) is 2.74. The lowest BCUT2D eigenvalue weighted by Crippen LogP contribution is -1.96. The standard InChI is InChI=1S/C8H9NO2S/c1-11-7-4-2-6(3-5-7)8(10)12-9/h2-5H,9H2,1H3. The summed E-state index contributed by atoms with van der Waals surface area (Å²) in [4.78, 5) is 11.0. The number of carbonyl (C=O) groups is 1. The second-order valence-electron chi connectivity index (χ2n) is 2.13. The van der Waals surface area contributed by atoms with Crippen LogP contribution in [0.1, 0.15) is 10.4 Å². The van der Waals surface area contributed by atoms with E-state index >= 15 is 0 Å². The van der Waals surface area contributed by atoms with Crippen LogP contribution in [0.25, 0.3) is 0 Å². The molecular formula is C8H9NO2S. The number of methoxy groups -OCH3 is 1. The fourth-order valence-electron chi connectivity index (χ4n) is 0.795. The van der Waals surface area contributed by atoms with E-state index < -0.39 is 0 Å². The molecule has 4 heteroatoms. The first-order valence-corrected chi connectivity index (χ1v) is 4.21. The molecule has 2 N–H and O–H groups in total. The van der Waals surface area contributed by atoms with Gasteiger partial charge in [0.2, 0.25) is 5.12 Å². The Morgan fingerprint density at radius 3 is 2.42 bits per heavy atom. The molecule has 0 radical (unpaired) electrons. The molecule has 0 aliphatic heterocycles. The van der Waals surface area contributed by atoms with E-state index in [0.29, 0.717) is 17.5 Å². The number of benzene rings is 1. The highest BCUT2D eigenvalue weighted by atomic mass is 32.2. The minimum Gasteiger partial charge on any atom is -0.497 e. The Bertz CT molecular complexity index is 271. The van der Waals surface area contributed by atoms with Gasteiger partial charge in [0.1, 0.15) is 5.75 Å². The maximum absolute atomic E-state index is 11.0. The lowest BCUT2D eigenvalue weighted by molar-refractivity contribution is 0.108. The summed E-state index contributed by atoms with van der Waals surface area (Å²) in [5, 5.41) is 4.97. The van der Waals surface area contributed by atoms with E-state index in [-0.39, 0.29) is 5.12 Å². The van der Waals surface area contributed by atoms with Crippen LogP contribution in [-0.2, 0) is 0 Å². The largest absolute Gasteiger partial charge is 0.497 e. The molecule has 1 aromatic carbocycles. The number of ether oxygens (including phenoxy) is 1. The first kappa shape index (κ1) is 9.09. The zero-order valence-corrected chi connectivity index (χ0v) is 7.43. The van der Waals surface area contributed by atoms with E-state index in [1.54, 1.807) is 31.4 Å². The molecular weight excluding hydrogens is 174 g/mol. The third kappa shape index (κ3) is 1.99. The van der Waals surface area contributed by atoms with E-state index in [9.17, 15) is 4.79 Å². The molecule has 64 valence electrons. The number of carbonyl (C=O) groups excluding carboxylic acids is 1. The summed E-state index contributed by atoms with van der Waals surface area (Å²) in [6.45, 7) is 0. The zero-order valence-electron chi connectivity index (χ0n) is 6.61. The van der Waals surface area contributed by atoms with Crippen LogP contribution in [-0.4, -0.2) is 12.2 Å². The Hall–Kier alpha value is -1.00. The Labute approximate surface area is 75.0 Å². The monoisotopic (exact) mass is 183 g/mol. The first-order valence-electron chi connectivity index (χ1n) is 3.33. The van der Waals surface area contributed by atoms with E-state index in [1.807, 2.05) is 0 Å². The fraction of sp³-hybridized carbons (Fsp3) is 0.125. The lowest BCUT2D eigenvalue weighted by atomic mass is 10.2. The summed E-state index contributed by atoms with van der Waals surface area (Å²) in [5.41, 5.74) is 0.586. The quantitative estimate of drug-likeness (QED) is 0.705. The van der Waals surface area contributed by atoms with Crippen molar-refractivity contribution in [1.82, 2.24) is 0 Å². The maximum Gasteiger partial charge on any atom is 0.233 e. The SMILES string of the molecule is COc1ccc(C(=O)SN)cc1. The Kier molecular flexibility index (Phi) is 3.13. The molecule has 0 fully saturated rings. The molecule has 0 unspecified atom stereocenters. The van der Waals surface area contributed by atoms with Gasteiger partial charge in [-0.3, -0.25) is 9.93 Å². The summed E-state index contributed by atoms with van der Waals surface area (Å²) in [6.07, 6.45) is 0. The van der Waals surface area contributed by atoms with Gasteiger partial charge in [-0.25, -0.2) is 0 Å². The molecule has 1 aromatic rings. The molecule has 0 saturated heterocycles. The predicted octanol–water partition coefficient (Wildman–Crippen LogP) is 1.44. The molecule has 0 saturated carbocycles. The summed E-state index contributed by atoms with van der Waals surface area (Å²) < 4.78 is 4.93. The van der Waals surface area contributed by atoms with Crippen LogP contribution >= 0.6 is 11.9 Å². The third-order valence-electron chi connectivity index (χ3n) is 1.43. The molecule has 1 rings (SSSR count). The summed E-state index contributed by atoms with van der Waals surface area (Å²) >= 11 is 0.712. The summed E-state index contributed by atoms with van der Waals surface area (Å²) in [7, 11) is 1.58. The molecule has 0 aliphatic rings. The molecule has 0 aliphatic carbocycles. The molecule has 0 aromatic heterocycles. The van der Waals surface area contributed by atoms with Crippen LogP contribution in [0.3, 0.4) is 0 Å². The molecule has 12 heavy (non-hydrogen) atoms. The molecule has 0 heterocycles. The normalized spacial score (nSPS) is 9.50. The Morgan fingerprint density at radius 1 is 1.42 bits per heavy atom. The van der Waals surface area contributed by atoms with Gasteiger partial charge in [-0.05, 0) is 36.2 Å². The number of nitrogens with two attached hydrogens (primary N) is 1. The zero-order chi connectivity index (χ0) is 8.97. The smallest absolute Gasteiger partial charge is 0.233 e. The molecule has 0 amide bonds. The van der Waals surface area contributed by atoms with Crippen LogP contribution in [0, 0.1) is 0 Å². The third-order valence-corrected chi connectivity index (χ3v) is 1.88. The van der Waals surface area contributed by atoms with Crippen LogP contribution in [0.2, 0.25) is 0 Å². The van der Waals surface area contributed by atoms with Gasteiger partial charge < -0.3 is 4.74 Å². The first-order chi connectivity index (χ1) is 5.77.